The molecule has 0 aliphatic heterocycles. The van der Waals surface area contributed by atoms with Crippen molar-refractivity contribution in [2.45, 2.75) is 24.8 Å². The zero-order valence-corrected chi connectivity index (χ0v) is 14.3. The SMILES string of the molecule is C#CCNC(=O)COC(=O)[C@@H](NS(=O)(=O)c1ccccc1)C(C)C. The molecule has 0 unspecified atom stereocenters. The van der Waals surface area contributed by atoms with E-state index in [4.69, 9.17) is 11.2 Å². The van der Waals surface area contributed by atoms with Crippen LogP contribution in [0.15, 0.2) is 35.2 Å². The van der Waals surface area contributed by atoms with Crippen LogP contribution in [0.1, 0.15) is 13.8 Å². The Morgan fingerprint density at radius 1 is 1.25 bits per heavy atom. The zero-order chi connectivity index (χ0) is 18.2. The van der Waals surface area contributed by atoms with E-state index in [9.17, 15) is 18.0 Å². The third kappa shape index (κ3) is 6.02. The first-order valence-corrected chi connectivity index (χ1v) is 8.70. The van der Waals surface area contributed by atoms with Crippen molar-refractivity contribution in [3.05, 3.63) is 30.3 Å². The molecule has 8 heteroatoms. The number of hydrogen-bond donors (Lipinski definition) is 2. The number of carbonyl (C=O) groups excluding carboxylic acids is 2. The molecule has 7 nitrogen and oxygen atoms in total. The number of rotatable bonds is 8. The second-order valence-corrected chi connectivity index (χ2v) is 6.96. The van der Waals surface area contributed by atoms with Gasteiger partial charge >= 0.3 is 5.97 Å². The van der Waals surface area contributed by atoms with Crippen molar-refractivity contribution >= 4 is 21.9 Å². The minimum absolute atomic E-state index is 0.0185. The first-order chi connectivity index (χ1) is 11.3. The zero-order valence-electron chi connectivity index (χ0n) is 13.5. The molecule has 0 aliphatic rings. The molecule has 0 saturated heterocycles. The Bertz CT molecular complexity index is 708. The van der Waals surface area contributed by atoms with Gasteiger partial charge in [-0.2, -0.15) is 4.72 Å². The number of amides is 1. The van der Waals surface area contributed by atoms with Gasteiger partial charge in [0.15, 0.2) is 6.61 Å². The molecule has 1 atom stereocenters. The van der Waals surface area contributed by atoms with Crippen molar-refractivity contribution in [3.8, 4) is 12.3 Å². The Balaban J connectivity index is 2.75. The molecule has 1 aromatic rings. The number of ether oxygens (including phenoxy) is 1. The van der Waals surface area contributed by atoms with Gasteiger partial charge in [-0.15, -0.1) is 6.42 Å². The van der Waals surface area contributed by atoms with Gasteiger partial charge in [0, 0.05) is 0 Å². The van der Waals surface area contributed by atoms with Crippen LogP contribution in [0, 0.1) is 18.3 Å². The summed E-state index contributed by atoms with van der Waals surface area (Å²) >= 11 is 0. The summed E-state index contributed by atoms with van der Waals surface area (Å²) in [5.41, 5.74) is 0. The quantitative estimate of drug-likeness (QED) is 0.517. The molecule has 0 aromatic heterocycles. The van der Waals surface area contributed by atoms with E-state index in [1.54, 1.807) is 32.0 Å². The average molecular weight is 352 g/mol. The summed E-state index contributed by atoms with van der Waals surface area (Å²) in [6, 6.07) is 6.55. The van der Waals surface area contributed by atoms with Gasteiger partial charge in [-0.1, -0.05) is 38.0 Å². The third-order valence-corrected chi connectivity index (χ3v) is 4.45. The summed E-state index contributed by atoms with van der Waals surface area (Å²) in [7, 11) is -3.88. The predicted molar refractivity (Wildman–Crippen MR) is 88.2 cm³/mol. The van der Waals surface area contributed by atoms with Crippen LogP contribution in [-0.2, 0) is 24.3 Å². The summed E-state index contributed by atoms with van der Waals surface area (Å²) in [6.07, 6.45) is 5.00. The molecule has 0 spiro atoms. The van der Waals surface area contributed by atoms with Crippen LogP contribution in [0.25, 0.3) is 0 Å². The fourth-order valence-electron chi connectivity index (χ4n) is 1.72. The molecule has 0 radical (unpaired) electrons. The first kappa shape index (κ1) is 19.7. The van der Waals surface area contributed by atoms with Crippen LogP contribution in [0.4, 0.5) is 0 Å². The van der Waals surface area contributed by atoms with Crippen LogP contribution in [0.5, 0.6) is 0 Å². The summed E-state index contributed by atoms with van der Waals surface area (Å²) in [6.45, 7) is 2.82. The fraction of sp³-hybridized carbons (Fsp3) is 0.375. The second-order valence-electron chi connectivity index (χ2n) is 5.24. The van der Waals surface area contributed by atoms with E-state index in [1.165, 1.54) is 12.1 Å². The van der Waals surface area contributed by atoms with Crippen LogP contribution in [-0.4, -0.2) is 39.5 Å². The maximum absolute atomic E-state index is 12.3. The van der Waals surface area contributed by atoms with Crippen molar-refractivity contribution in [2.24, 2.45) is 5.92 Å². The molecule has 1 amide bonds. The van der Waals surface area contributed by atoms with E-state index >= 15 is 0 Å². The number of terminal acetylenes is 1. The standard InChI is InChI=1S/C16H20N2O5S/c1-4-10-17-14(19)11-23-16(20)15(12(2)3)18-24(21,22)13-8-6-5-7-9-13/h1,5-9,12,15,18H,10-11H2,2-3H3,(H,17,19)/t15-/m0/s1. The topological polar surface area (TPSA) is 102 Å². The molecule has 0 saturated carbocycles. The largest absolute Gasteiger partial charge is 0.454 e. The minimum atomic E-state index is -3.88. The van der Waals surface area contributed by atoms with Crippen molar-refractivity contribution in [1.82, 2.24) is 10.0 Å². The highest BCUT2D eigenvalue weighted by Gasteiger charge is 2.29. The number of nitrogens with one attached hydrogen (secondary N) is 2. The Morgan fingerprint density at radius 2 is 1.88 bits per heavy atom. The van der Waals surface area contributed by atoms with Crippen molar-refractivity contribution in [2.75, 3.05) is 13.2 Å². The van der Waals surface area contributed by atoms with E-state index in [2.05, 4.69) is 16.0 Å². The predicted octanol–water partition coefficient (Wildman–Crippen LogP) is 0.282. The monoisotopic (exact) mass is 352 g/mol. The Labute approximate surface area is 141 Å². The number of hydrogen-bond acceptors (Lipinski definition) is 5. The van der Waals surface area contributed by atoms with E-state index in [-0.39, 0.29) is 17.4 Å². The van der Waals surface area contributed by atoms with Crippen LogP contribution >= 0.6 is 0 Å². The highest BCUT2D eigenvalue weighted by Crippen LogP contribution is 2.12. The third-order valence-electron chi connectivity index (χ3n) is 2.99. The molecule has 24 heavy (non-hydrogen) atoms. The lowest BCUT2D eigenvalue weighted by atomic mass is 10.1. The van der Waals surface area contributed by atoms with Crippen molar-refractivity contribution in [3.63, 3.8) is 0 Å². The highest BCUT2D eigenvalue weighted by atomic mass is 32.2. The molecule has 130 valence electrons. The maximum atomic E-state index is 12.3. The van der Waals surface area contributed by atoms with Gasteiger partial charge in [0.2, 0.25) is 10.0 Å². The van der Waals surface area contributed by atoms with Crippen LogP contribution in [0.3, 0.4) is 0 Å². The van der Waals surface area contributed by atoms with Gasteiger partial charge < -0.3 is 10.1 Å². The van der Waals surface area contributed by atoms with Gasteiger partial charge in [0.25, 0.3) is 5.91 Å². The van der Waals surface area contributed by atoms with E-state index < -0.39 is 34.5 Å². The number of esters is 1. The van der Waals surface area contributed by atoms with Gasteiger partial charge in [0.1, 0.15) is 6.04 Å². The summed E-state index contributed by atoms with van der Waals surface area (Å²) < 4.78 is 31.8. The maximum Gasteiger partial charge on any atom is 0.324 e. The molecule has 1 rings (SSSR count). The Morgan fingerprint density at radius 3 is 2.42 bits per heavy atom. The molecule has 0 aliphatic carbocycles. The second kappa shape index (κ2) is 9.05. The lowest BCUT2D eigenvalue weighted by molar-refractivity contribution is -0.151. The lowest BCUT2D eigenvalue weighted by Crippen LogP contribution is -2.46. The molecular weight excluding hydrogens is 332 g/mol. The average Bonchev–Trinajstić information content (AvgIpc) is 2.56. The van der Waals surface area contributed by atoms with E-state index in [0.717, 1.165) is 0 Å². The summed E-state index contributed by atoms with van der Waals surface area (Å²) in [5, 5.41) is 2.34. The minimum Gasteiger partial charge on any atom is -0.454 e. The molecule has 0 bridgehead atoms. The van der Waals surface area contributed by atoms with Gasteiger partial charge in [-0.05, 0) is 18.1 Å². The normalized spacial score (nSPS) is 12.2. The Kier molecular flexibility index (Phi) is 7.42. The molecular formula is C16H20N2O5S. The number of benzene rings is 1. The van der Waals surface area contributed by atoms with Gasteiger partial charge in [0.05, 0.1) is 11.4 Å². The summed E-state index contributed by atoms with van der Waals surface area (Å²) in [4.78, 5) is 23.5. The fourth-order valence-corrected chi connectivity index (χ4v) is 3.07. The first-order valence-electron chi connectivity index (χ1n) is 7.22. The highest BCUT2D eigenvalue weighted by molar-refractivity contribution is 7.89. The van der Waals surface area contributed by atoms with Gasteiger partial charge in [-0.25, -0.2) is 8.42 Å². The number of carbonyl (C=O) groups is 2. The van der Waals surface area contributed by atoms with Crippen LogP contribution in [0.2, 0.25) is 0 Å². The van der Waals surface area contributed by atoms with E-state index in [1.807, 2.05) is 0 Å². The van der Waals surface area contributed by atoms with Crippen molar-refractivity contribution < 1.29 is 22.7 Å². The van der Waals surface area contributed by atoms with E-state index in [0.29, 0.717) is 0 Å². The molecule has 1 aromatic carbocycles. The van der Waals surface area contributed by atoms with Gasteiger partial charge in [-0.3, -0.25) is 9.59 Å². The smallest absolute Gasteiger partial charge is 0.324 e. The Hall–Kier alpha value is -2.37. The van der Waals surface area contributed by atoms with Crippen LogP contribution < -0.4 is 10.0 Å². The molecule has 0 fully saturated rings. The van der Waals surface area contributed by atoms with Crippen molar-refractivity contribution in [1.29, 1.82) is 0 Å². The molecule has 2 N–H and O–H groups in total. The molecule has 0 heterocycles. The number of sulfonamides is 1. The summed E-state index contributed by atoms with van der Waals surface area (Å²) in [5.74, 6) is 0.448. The lowest BCUT2D eigenvalue weighted by Gasteiger charge is -2.20.